The number of nitrogens with one attached hydrogen (secondary N) is 1. The summed E-state index contributed by atoms with van der Waals surface area (Å²) in [5.74, 6) is -3.00. The van der Waals surface area contributed by atoms with Crippen LogP contribution in [-0.2, 0) is 6.54 Å². The van der Waals surface area contributed by atoms with E-state index in [4.69, 9.17) is 11.6 Å². The minimum Gasteiger partial charge on any atom is -0.325 e. The van der Waals surface area contributed by atoms with E-state index in [0.717, 1.165) is 18.3 Å². The Balaban J connectivity index is 2.01. The lowest BCUT2D eigenvalue weighted by Crippen LogP contribution is -2.20. The van der Waals surface area contributed by atoms with Gasteiger partial charge in [0.25, 0.3) is 0 Å². The Morgan fingerprint density at radius 1 is 1.12 bits per heavy atom. The third kappa shape index (κ3) is 3.72. The molecule has 4 nitrogen and oxygen atoms in total. The number of hydrogen-bond acceptors (Lipinski definition) is 3. The molecule has 0 amide bonds. The number of hydrogen-bond donors (Lipinski definition) is 1. The SMILES string of the molecule is Cc1c(Cl)cccc1Nc1nc(=O)c(F)cn1Cc1ccc(F)c(F)c1. The van der Waals surface area contributed by atoms with Crippen molar-refractivity contribution in [3.05, 3.63) is 86.6 Å². The average Bonchev–Trinajstić information content (AvgIpc) is 2.59. The van der Waals surface area contributed by atoms with Gasteiger partial charge in [-0.05, 0) is 42.3 Å². The molecule has 0 spiro atoms. The quantitative estimate of drug-likeness (QED) is 0.730. The van der Waals surface area contributed by atoms with Gasteiger partial charge in [0.2, 0.25) is 11.8 Å². The van der Waals surface area contributed by atoms with Gasteiger partial charge in [0.05, 0.1) is 6.54 Å². The monoisotopic (exact) mass is 379 g/mol. The zero-order valence-corrected chi connectivity index (χ0v) is 14.3. The van der Waals surface area contributed by atoms with Crippen LogP contribution in [0.1, 0.15) is 11.1 Å². The van der Waals surface area contributed by atoms with Crippen LogP contribution in [0.4, 0.5) is 24.8 Å². The number of rotatable bonds is 4. The van der Waals surface area contributed by atoms with Crippen molar-refractivity contribution in [1.29, 1.82) is 0 Å². The van der Waals surface area contributed by atoms with Crippen molar-refractivity contribution in [3.63, 3.8) is 0 Å². The molecule has 2 aromatic carbocycles. The van der Waals surface area contributed by atoms with Crippen LogP contribution in [0.25, 0.3) is 0 Å². The molecule has 0 saturated heterocycles. The maximum absolute atomic E-state index is 13.7. The summed E-state index contributed by atoms with van der Waals surface area (Å²) in [5, 5.41) is 3.43. The van der Waals surface area contributed by atoms with E-state index >= 15 is 0 Å². The van der Waals surface area contributed by atoms with Gasteiger partial charge < -0.3 is 9.88 Å². The third-order valence-electron chi connectivity index (χ3n) is 3.80. The molecule has 8 heteroatoms. The highest BCUT2D eigenvalue weighted by Gasteiger charge is 2.12. The first-order chi connectivity index (χ1) is 12.3. The Labute approximate surface area is 151 Å². The number of anilines is 2. The summed E-state index contributed by atoms with van der Waals surface area (Å²) in [7, 11) is 0. The summed E-state index contributed by atoms with van der Waals surface area (Å²) in [6.07, 6.45) is 0.957. The lowest BCUT2D eigenvalue weighted by atomic mass is 10.2. The second-order valence-corrected chi connectivity index (χ2v) is 6.04. The number of halogens is 4. The molecule has 0 aliphatic heterocycles. The molecule has 0 aliphatic rings. The van der Waals surface area contributed by atoms with Crippen molar-refractivity contribution in [2.75, 3.05) is 5.32 Å². The lowest BCUT2D eigenvalue weighted by molar-refractivity contribution is 0.506. The topological polar surface area (TPSA) is 46.9 Å². The maximum Gasteiger partial charge on any atom is 0.310 e. The Hall–Kier alpha value is -2.80. The summed E-state index contributed by atoms with van der Waals surface area (Å²) in [6, 6.07) is 8.47. The van der Waals surface area contributed by atoms with Gasteiger partial charge in [0, 0.05) is 16.9 Å². The normalized spacial score (nSPS) is 10.8. The van der Waals surface area contributed by atoms with E-state index in [1.165, 1.54) is 10.6 Å². The molecule has 3 rings (SSSR count). The molecular weight excluding hydrogens is 367 g/mol. The van der Waals surface area contributed by atoms with Crippen LogP contribution in [0.3, 0.4) is 0 Å². The zero-order valence-electron chi connectivity index (χ0n) is 13.6. The van der Waals surface area contributed by atoms with E-state index in [2.05, 4.69) is 10.3 Å². The average molecular weight is 380 g/mol. The van der Waals surface area contributed by atoms with Crippen LogP contribution in [-0.4, -0.2) is 9.55 Å². The summed E-state index contributed by atoms with van der Waals surface area (Å²) >= 11 is 6.07. The molecule has 1 N–H and O–H groups in total. The van der Waals surface area contributed by atoms with Crippen LogP contribution in [0.15, 0.2) is 47.4 Å². The molecule has 26 heavy (non-hydrogen) atoms. The predicted octanol–water partition coefficient (Wildman–Crippen LogP) is 4.41. The largest absolute Gasteiger partial charge is 0.325 e. The first kappa shape index (κ1) is 18.0. The first-order valence-corrected chi connectivity index (χ1v) is 7.96. The highest BCUT2D eigenvalue weighted by atomic mass is 35.5. The zero-order chi connectivity index (χ0) is 18.8. The molecule has 0 unspecified atom stereocenters. The van der Waals surface area contributed by atoms with E-state index in [0.29, 0.717) is 21.8 Å². The fourth-order valence-corrected chi connectivity index (χ4v) is 2.56. The molecule has 1 aromatic heterocycles. The fourth-order valence-electron chi connectivity index (χ4n) is 2.39. The van der Waals surface area contributed by atoms with Gasteiger partial charge in [0.1, 0.15) is 0 Å². The smallest absolute Gasteiger partial charge is 0.310 e. The van der Waals surface area contributed by atoms with Crippen LogP contribution in [0, 0.1) is 24.4 Å². The molecule has 134 valence electrons. The van der Waals surface area contributed by atoms with Gasteiger partial charge in [-0.2, -0.15) is 9.37 Å². The maximum atomic E-state index is 13.7. The highest BCUT2D eigenvalue weighted by molar-refractivity contribution is 6.31. The van der Waals surface area contributed by atoms with Crippen LogP contribution in [0.5, 0.6) is 0 Å². The number of benzene rings is 2. The second-order valence-electron chi connectivity index (χ2n) is 5.63. The molecule has 0 fully saturated rings. The Morgan fingerprint density at radius 3 is 2.62 bits per heavy atom. The van der Waals surface area contributed by atoms with Crippen LogP contribution < -0.4 is 10.9 Å². The molecule has 1 heterocycles. The molecule has 0 bridgehead atoms. The van der Waals surface area contributed by atoms with Crippen molar-refractivity contribution >= 4 is 23.2 Å². The minimum absolute atomic E-state index is 0.0245. The van der Waals surface area contributed by atoms with Crippen molar-refractivity contribution in [1.82, 2.24) is 9.55 Å². The van der Waals surface area contributed by atoms with Gasteiger partial charge in [-0.25, -0.2) is 8.78 Å². The summed E-state index contributed by atoms with van der Waals surface area (Å²) < 4.78 is 41.5. The van der Waals surface area contributed by atoms with Gasteiger partial charge in [-0.3, -0.25) is 4.79 Å². The fraction of sp³-hybridized carbons (Fsp3) is 0.111. The highest BCUT2D eigenvalue weighted by Crippen LogP contribution is 2.25. The van der Waals surface area contributed by atoms with Crippen molar-refractivity contribution in [2.24, 2.45) is 0 Å². The van der Waals surface area contributed by atoms with Crippen LogP contribution in [0.2, 0.25) is 5.02 Å². The van der Waals surface area contributed by atoms with Crippen molar-refractivity contribution in [2.45, 2.75) is 13.5 Å². The van der Waals surface area contributed by atoms with E-state index < -0.39 is 23.0 Å². The minimum atomic E-state index is -1.05. The Morgan fingerprint density at radius 2 is 1.88 bits per heavy atom. The van der Waals surface area contributed by atoms with Crippen LogP contribution >= 0.6 is 11.6 Å². The van der Waals surface area contributed by atoms with Gasteiger partial charge in [-0.15, -0.1) is 0 Å². The van der Waals surface area contributed by atoms with E-state index in [1.807, 2.05) is 0 Å². The van der Waals surface area contributed by atoms with E-state index in [1.54, 1.807) is 25.1 Å². The molecule has 0 atom stereocenters. The van der Waals surface area contributed by atoms with Crippen molar-refractivity contribution in [3.8, 4) is 0 Å². The Bertz CT molecular complexity index is 1040. The Kier molecular flexibility index (Phi) is 4.99. The molecule has 0 aliphatic carbocycles. The van der Waals surface area contributed by atoms with Gasteiger partial charge >= 0.3 is 5.56 Å². The molecular formula is C18H13ClF3N3O. The summed E-state index contributed by atoms with van der Waals surface area (Å²) in [4.78, 5) is 15.3. The molecule has 0 saturated carbocycles. The molecule has 3 aromatic rings. The summed E-state index contributed by atoms with van der Waals surface area (Å²) in [6.45, 7) is 1.75. The van der Waals surface area contributed by atoms with Crippen molar-refractivity contribution < 1.29 is 13.2 Å². The lowest BCUT2D eigenvalue weighted by Gasteiger charge is -2.16. The van der Waals surface area contributed by atoms with Gasteiger partial charge in [-0.1, -0.05) is 23.7 Å². The van der Waals surface area contributed by atoms with E-state index in [-0.39, 0.29) is 12.5 Å². The second kappa shape index (κ2) is 7.21. The standard InChI is InChI=1S/C18H13ClF3N3O/c1-10-12(19)3-2-4-16(10)23-18-24-17(26)15(22)9-25(18)8-11-5-6-13(20)14(21)7-11/h2-7,9H,8H2,1H3,(H,23,24,26). The van der Waals surface area contributed by atoms with Gasteiger partial charge in [0.15, 0.2) is 11.6 Å². The number of aromatic nitrogens is 2. The third-order valence-corrected chi connectivity index (χ3v) is 4.21. The first-order valence-electron chi connectivity index (χ1n) is 7.58. The van der Waals surface area contributed by atoms with E-state index in [9.17, 15) is 18.0 Å². The number of nitrogens with zero attached hydrogens (tertiary/aromatic N) is 2. The summed E-state index contributed by atoms with van der Waals surface area (Å²) in [5.41, 5.74) is 0.635. The molecule has 0 radical (unpaired) electrons. The predicted molar refractivity (Wildman–Crippen MR) is 93.4 cm³/mol.